The van der Waals surface area contributed by atoms with Gasteiger partial charge in [-0.3, -0.25) is 0 Å². The van der Waals surface area contributed by atoms with Gasteiger partial charge in [0.1, 0.15) is 17.7 Å². The zero-order chi connectivity index (χ0) is 20.2. The smallest absolute Gasteiger partial charge is 0.191 e. The van der Waals surface area contributed by atoms with Crippen molar-refractivity contribution >= 4 is 5.96 Å². The van der Waals surface area contributed by atoms with Crippen molar-refractivity contribution in [1.82, 2.24) is 20.4 Å². The number of nitrogens with zero attached hydrogens (tertiary/aromatic N) is 3. The van der Waals surface area contributed by atoms with E-state index >= 15 is 0 Å². The Morgan fingerprint density at radius 1 is 1.25 bits per heavy atom. The van der Waals surface area contributed by atoms with E-state index in [9.17, 15) is 4.39 Å². The van der Waals surface area contributed by atoms with Gasteiger partial charge in [-0.05, 0) is 65.5 Å². The molecule has 0 radical (unpaired) electrons. The van der Waals surface area contributed by atoms with Crippen LogP contribution >= 0.6 is 0 Å². The van der Waals surface area contributed by atoms with Crippen LogP contribution in [0.2, 0.25) is 0 Å². The molecule has 1 saturated heterocycles. The van der Waals surface area contributed by atoms with E-state index in [0.29, 0.717) is 12.3 Å². The van der Waals surface area contributed by atoms with Crippen molar-refractivity contribution in [1.29, 1.82) is 0 Å². The average molecular weight is 394 g/mol. The Morgan fingerprint density at radius 3 is 2.89 bits per heavy atom. The van der Waals surface area contributed by atoms with E-state index < -0.39 is 0 Å². The highest BCUT2D eigenvalue weighted by atomic mass is 19.1. The molecule has 1 unspecified atom stereocenters. The van der Waals surface area contributed by atoms with Gasteiger partial charge in [-0.2, -0.15) is 0 Å². The van der Waals surface area contributed by atoms with E-state index in [0.717, 1.165) is 45.1 Å². The maximum absolute atomic E-state index is 13.2. The number of benzene rings is 1. The molecule has 1 atom stereocenters. The Hall–Kier alpha value is -1.86. The molecule has 0 spiro atoms. The number of hydrogen-bond donors (Lipinski definition) is 2. The van der Waals surface area contributed by atoms with Crippen LogP contribution in [-0.2, 0) is 0 Å². The third kappa shape index (κ3) is 8.89. The first-order valence-electron chi connectivity index (χ1n) is 10.4. The summed E-state index contributed by atoms with van der Waals surface area (Å²) in [5.74, 6) is 1.04. The quantitative estimate of drug-likeness (QED) is 0.383. The Morgan fingerprint density at radius 2 is 2.11 bits per heavy atom. The molecule has 1 aliphatic heterocycles. The van der Waals surface area contributed by atoms with Gasteiger partial charge in [0, 0.05) is 32.2 Å². The fourth-order valence-electron chi connectivity index (χ4n) is 3.20. The van der Waals surface area contributed by atoms with E-state index in [1.54, 1.807) is 12.1 Å². The maximum atomic E-state index is 13.2. The summed E-state index contributed by atoms with van der Waals surface area (Å²) in [6.45, 7) is 12.0. The van der Waals surface area contributed by atoms with Crippen LogP contribution in [0.3, 0.4) is 0 Å². The maximum Gasteiger partial charge on any atom is 0.191 e. The minimum atomic E-state index is -0.292. The summed E-state index contributed by atoms with van der Waals surface area (Å²) in [4.78, 5) is 9.55. The largest absolute Gasteiger partial charge is 0.489 e. The van der Waals surface area contributed by atoms with Gasteiger partial charge >= 0.3 is 0 Å². The lowest BCUT2D eigenvalue weighted by atomic mass is 10.3. The van der Waals surface area contributed by atoms with Crippen LogP contribution in [0, 0.1) is 5.82 Å². The van der Waals surface area contributed by atoms with Crippen molar-refractivity contribution in [2.24, 2.45) is 4.99 Å². The summed E-state index contributed by atoms with van der Waals surface area (Å²) >= 11 is 0. The van der Waals surface area contributed by atoms with E-state index in [4.69, 9.17) is 4.74 Å². The highest BCUT2D eigenvalue weighted by molar-refractivity contribution is 5.79. The molecule has 0 aliphatic carbocycles. The van der Waals surface area contributed by atoms with Gasteiger partial charge in [0.25, 0.3) is 0 Å². The van der Waals surface area contributed by atoms with Crippen molar-refractivity contribution < 1.29 is 9.13 Å². The molecular formula is C21H36FN5O. The summed E-state index contributed by atoms with van der Waals surface area (Å²) in [6, 6.07) is 6.21. The molecule has 0 aromatic heterocycles. The molecule has 1 heterocycles. The average Bonchev–Trinajstić information content (AvgIpc) is 2.87. The Labute approximate surface area is 169 Å². The molecule has 0 bridgehead atoms. The highest BCUT2D eigenvalue weighted by Crippen LogP contribution is 2.13. The lowest BCUT2D eigenvalue weighted by molar-refractivity contribution is 0.229. The minimum absolute atomic E-state index is 0.133. The second-order valence-electron chi connectivity index (χ2n) is 7.38. The lowest BCUT2D eigenvalue weighted by Gasteiger charge is -2.20. The molecule has 1 aromatic rings. The van der Waals surface area contributed by atoms with Crippen molar-refractivity contribution in [3.8, 4) is 5.75 Å². The number of hydrogen-bond acceptors (Lipinski definition) is 4. The van der Waals surface area contributed by atoms with Crippen molar-refractivity contribution in [2.75, 3.05) is 59.4 Å². The first kappa shape index (κ1) is 22.4. The number of aliphatic imine (C=N–C) groups is 1. The van der Waals surface area contributed by atoms with Gasteiger partial charge < -0.3 is 25.2 Å². The van der Waals surface area contributed by atoms with E-state index in [1.807, 2.05) is 6.92 Å². The second-order valence-corrected chi connectivity index (χ2v) is 7.38. The predicted molar refractivity (Wildman–Crippen MR) is 114 cm³/mol. The van der Waals surface area contributed by atoms with Crippen LogP contribution < -0.4 is 15.4 Å². The van der Waals surface area contributed by atoms with Crippen LogP contribution in [0.4, 0.5) is 4.39 Å². The summed E-state index contributed by atoms with van der Waals surface area (Å²) in [7, 11) is 2.20. The topological polar surface area (TPSA) is 52.1 Å². The van der Waals surface area contributed by atoms with Crippen LogP contribution in [0.25, 0.3) is 0 Å². The van der Waals surface area contributed by atoms with Crippen LogP contribution in [0.5, 0.6) is 5.75 Å². The zero-order valence-electron chi connectivity index (χ0n) is 17.6. The monoisotopic (exact) mass is 393 g/mol. The summed E-state index contributed by atoms with van der Waals surface area (Å²) in [5, 5.41) is 6.67. The fraction of sp³-hybridized carbons (Fsp3) is 0.667. The Kier molecular flexibility index (Phi) is 10.1. The SMILES string of the molecule is CCNC(=NCC(C)Oc1cccc(F)c1)NCCCN1CCCN(C)CC1. The van der Waals surface area contributed by atoms with Gasteiger partial charge in [-0.1, -0.05) is 6.07 Å². The number of rotatable bonds is 9. The standard InChI is InChI=1S/C21H36FN5O/c1-4-23-21(24-10-6-12-27-13-7-11-26(3)14-15-27)25-17-18(2)28-20-9-5-8-19(22)16-20/h5,8-9,16,18H,4,6-7,10-15,17H2,1-3H3,(H2,23,24,25). The number of nitrogens with one attached hydrogen (secondary N) is 2. The van der Waals surface area contributed by atoms with Crippen LogP contribution in [0.15, 0.2) is 29.3 Å². The normalized spacial score (nSPS) is 17.8. The second kappa shape index (κ2) is 12.6. The number of likely N-dealkylation sites (N-methyl/N-ethyl adjacent to an activating group) is 1. The van der Waals surface area contributed by atoms with Gasteiger partial charge in [0.2, 0.25) is 0 Å². The fourth-order valence-corrected chi connectivity index (χ4v) is 3.20. The van der Waals surface area contributed by atoms with Crippen LogP contribution in [0.1, 0.15) is 26.7 Å². The molecule has 2 rings (SSSR count). The molecule has 28 heavy (non-hydrogen) atoms. The first-order chi connectivity index (χ1) is 13.6. The number of guanidine groups is 1. The van der Waals surface area contributed by atoms with E-state index in [-0.39, 0.29) is 11.9 Å². The Bertz CT molecular complexity index is 598. The van der Waals surface area contributed by atoms with Gasteiger partial charge in [0.15, 0.2) is 5.96 Å². The highest BCUT2D eigenvalue weighted by Gasteiger charge is 2.11. The molecule has 6 nitrogen and oxygen atoms in total. The molecule has 0 amide bonds. The zero-order valence-corrected chi connectivity index (χ0v) is 17.6. The van der Waals surface area contributed by atoms with Crippen LogP contribution in [-0.4, -0.2) is 81.3 Å². The minimum Gasteiger partial charge on any atom is -0.489 e. The predicted octanol–water partition coefficient (Wildman–Crippen LogP) is 2.18. The molecule has 1 fully saturated rings. The summed E-state index contributed by atoms with van der Waals surface area (Å²) in [6.07, 6.45) is 2.20. The first-order valence-corrected chi connectivity index (χ1v) is 10.4. The van der Waals surface area contributed by atoms with Crippen molar-refractivity contribution in [2.45, 2.75) is 32.8 Å². The van der Waals surface area contributed by atoms with E-state index in [2.05, 4.69) is 39.4 Å². The molecule has 0 saturated carbocycles. The molecule has 2 N–H and O–H groups in total. The van der Waals surface area contributed by atoms with Crippen molar-refractivity contribution in [3.63, 3.8) is 0 Å². The third-order valence-electron chi connectivity index (χ3n) is 4.74. The Balaban J connectivity index is 1.70. The molecule has 158 valence electrons. The van der Waals surface area contributed by atoms with E-state index in [1.165, 1.54) is 31.6 Å². The van der Waals surface area contributed by atoms with Crippen molar-refractivity contribution in [3.05, 3.63) is 30.1 Å². The third-order valence-corrected chi connectivity index (χ3v) is 4.74. The molecule has 1 aromatic carbocycles. The molecule has 1 aliphatic rings. The van der Waals surface area contributed by atoms with Gasteiger partial charge in [-0.25, -0.2) is 9.38 Å². The van der Waals surface area contributed by atoms with Gasteiger partial charge in [-0.15, -0.1) is 0 Å². The number of halogens is 1. The molecule has 7 heteroatoms. The summed E-state index contributed by atoms with van der Waals surface area (Å²) in [5.41, 5.74) is 0. The number of ether oxygens (including phenoxy) is 1. The van der Waals surface area contributed by atoms with Gasteiger partial charge in [0.05, 0.1) is 6.54 Å². The lowest BCUT2D eigenvalue weighted by Crippen LogP contribution is -2.39. The summed E-state index contributed by atoms with van der Waals surface area (Å²) < 4.78 is 19.0. The molecular weight excluding hydrogens is 357 g/mol.